The van der Waals surface area contributed by atoms with Crippen molar-refractivity contribution in [2.24, 2.45) is 0 Å². The summed E-state index contributed by atoms with van der Waals surface area (Å²) in [5.41, 5.74) is 4.27. The molecule has 146 valence electrons. The molecular weight excluding hydrogens is 364 g/mol. The second kappa shape index (κ2) is 7.59. The third-order valence-electron chi connectivity index (χ3n) is 5.69. The van der Waals surface area contributed by atoms with Crippen LogP contribution in [-0.4, -0.2) is 22.6 Å². The average molecular weight is 386 g/mol. The SMILES string of the molecule is O=C(c1ccncc1)N(Cc1ccc2c(c1)OCO2)[C@H]1CCCc2ccccc21. The summed E-state index contributed by atoms with van der Waals surface area (Å²) >= 11 is 0. The van der Waals surface area contributed by atoms with Crippen LogP contribution in [0.1, 0.15) is 45.9 Å². The van der Waals surface area contributed by atoms with Crippen LogP contribution in [-0.2, 0) is 13.0 Å². The van der Waals surface area contributed by atoms with Gasteiger partial charge in [-0.15, -0.1) is 0 Å². The Morgan fingerprint density at radius 1 is 1.03 bits per heavy atom. The zero-order valence-corrected chi connectivity index (χ0v) is 16.1. The second-order valence-electron chi connectivity index (χ2n) is 7.46. The minimum absolute atomic E-state index is 0.0202. The number of fused-ring (bicyclic) bond motifs is 2. The van der Waals surface area contributed by atoms with Crippen molar-refractivity contribution in [2.75, 3.05) is 6.79 Å². The predicted octanol–water partition coefficient (Wildman–Crippen LogP) is 4.53. The van der Waals surface area contributed by atoms with Gasteiger partial charge in [0, 0.05) is 24.5 Å². The molecule has 2 aliphatic rings. The number of carbonyl (C=O) groups excluding carboxylic acids is 1. The van der Waals surface area contributed by atoms with Gasteiger partial charge in [-0.1, -0.05) is 30.3 Å². The van der Waals surface area contributed by atoms with Crippen LogP contribution in [0.15, 0.2) is 67.0 Å². The Labute approximate surface area is 169 Å². The maximum atomic E-state index is 13.5. The molecule has 0 unspecified atom stereocenters. The average Bonchev–Trinajstić information content (AvgIpc) is 3.25. The highest BCUT2D eigenvalue weighted by Crippen LogP contribution is 2.37. The molecule has 2 aromatic carbocycles. The van der Waals surface area contributed by atoms with Gasteiger partial charge < -0.3 is 14.4 Å². The van der Waals surface area contributed by atoms with E-state index in [2.05, 4.69) is 29.2 Å². The summed E-state index contributed by atoms with van der Waals surface area (Å²) in [5.74, 6) is 1.51. The molecule has 0 saturated carbocycles. The van der Waals surface area contributed by atoms with Crippen molar-refractivity contribution in [3.05, 3.63) is 89.2 Å². The van der Waals surface area contributed by atoms with Gasteiger partial charge in [-0.2, -0.15) is 0 Å². The van der Waals surface area contributed by atoms with Crippen molar-refractivity contribution in [1.82, 2.24) is 9.88 Å². The highest BCUT2D eigenvalue weighted by Gasteiger charge is 2.30. The number of amides is 1. The highest BCUT2D eigenvalue weighted by molar-refractivity contribution is 5.94. The summed E-state index contributed by atoms with van der Waals surface area (Å²) in [7, 11) is 0. The first-order chi connectivity index (χ1) is 14.3. The summed E-state index contributed by atoms with van der Waals surface area (Å²) in [6.07, 6.45) is 6.43. The number of hydrogen-bond donors (Lipinski definition) is 0. The Hall–Kier alpha value is -3.34. The van der Waals surface area contributed by atoms with Gasteiger partial charge in [0.1, 0.15) is 0 Å². The lowest BCUT2D eigenvalue weighted by Gasteiger charge is -2.36. The smallest absolute Gasteiger partial charge is 0.254 e. The Morgan fingerprint density at radius 2 is 1.86 bits per heavy atom. The minimum atomic E-state index is 0.0202. The maximum Gasteiger partial charge on any atom is 0.254 e. The lowest BCUT2D eigenvalue weighted by molar-refractivity contribution is 0.0638. The topological polar surface area (TPSA) is 51.7 Å². The lowest BCUT2D eigenvalue weighted by atomic mass is 9.86. The summed E-state index contributed by atoms with van der Waals surface area (Å²) in [6, 6.07) is 18.0. The third kappa shape index (κ3) is 3.44. The fraction of sp³-hybridized carbons (Fsp3) is 0.250. The van der Waals surface area contributed by atoms with Gasteiger partial charge in [0.05, 0.1) is 6.04 Å². The number of ether oxygens (including phenoxy) is 2. The van der Waals surface area contributed by atoms with E-state index in [1.807, 2.05) is 23.1 Å². The van der Waals surface area contributed by atoms with E-state index < -0.39 is 0 Å². The molecule has 0 N–H and O–H groups in total. The molecule has 5 heteroatoms. The molecular formula is C24H22N2O3. The zero-order chi connectivity index (χ0) is 19.6. The number of aryl methyl sites for hydroxylation is 1. The van der Waals surface area contributed by atoms with E-state index in [0.717, 1.165) is 36.3 Å². The van der Waals surface area contributed by atoms with E-state index in [0.29, 0.717) is 12.1 Å². The minimum Gasteiger partial charge on any atom is -0.454 e. The van der Waals surface area contributed by atoms with Crippen molar-refractivity contribution in [1.29, 1.82) is 0 Å². The van der Waals surface area contributed by atoms with E-state index in [-0.39, 0.29) is 18.7 Å². The first-order valence-electron chi connectivity index (χ1n) is 9.97. The molecule has 1 aliphatic carbocycles. The quantitative estimate of drug-likeness (QED) is 0.661. The fourth-order valence-electron chi connectivity index (χ4n) is 4.27. The van der Waals surface area contributed by atoms with Crippen LogP contribution in [0.2, 0.25) is 0 Å². The third-order valence-corrected chi connectivity index (χ3v) is 5.69. The zero-order valence-electron chi connectivity index (χ0n) is 16.1. The largest absolute Gasteiger partial charge is 0.454 e. The van der Waals surface area contributed by atoms with Crippen molar-refractivity contribution in [3.63, 3.8) is 0 Å². The van der Waals surface area contributed by atoms with Crippen LogP contribution < -0.4 is 9.47 Å². The van der Waals surface area contributed by atoms with Gasteiger partial charge in [0.15, 0.2) is 11.5 Å². The van der Waals surface area contributed by atoms with Crippen molar-refractivity contribution in [2.45, 2.75) is 31.8 Å². The molecule has 1 atom stereocenters. The van der Waals surface area contributed by atoms with Crippen LogP contribution in [0.4, 0.5) is 0 Å². The van der Waals surface area contributed by atoms with Gasteiger partial charge in [-0.05, 0) is 60.2 Å². The van der Waals surface area contributed by atoms with Crippen LogP contribution in [0, 0.1) is 0 Å². The molecule has 0 radical (unpaired) electrons. The Bertz CT molecular complexity index is 1040. The van der Waals surface area contributed by atoms with Gasteiger partial charge in [-0.25, -0.2) is 0 Å². The molecule has 1 amide bonds. The van der Waals surface area contributed by atoms with E-state index >= 15 is 0 Å². The molecule has 0 spiro atoms. The first-order valence-corrected chi connectivity index (χ1v) is 9.97. The van der Waals surface area contributed by atoms with Crippen LogP contribution in [0.25, 0.3) is 0 Å². The summed E-state index contributed by atoms with van der Waals surface area (Å²) in [6.45, 7) is 0.755. The lowest BCUT2D eigenvalue weighted by Crippen LogP contribution is -2.36. The van der Waals surface area contributed by atoms with Gasteiger partial charge in [0.2, 0.25) is 6.79 Å². The van der Waals surface area contributed by atoms with Crippen molar-refractivity contribution < 1.29 is 14.3 Å². The molecule has 0 bridgehead atoms. The number of aromatic nitrogens is 1. The molecule has 1 aromatic heterocycles. The van der Waals surface area contributed by atoms with E-state index in [9.17, 15) is 4.79 Å². The second-order valence-corrected chi connectivity index (χ2v) is 7.46. The first kappa shape index (κ1) is 17.7. The van der Waals surface area contributed by atoms with Crippen molar-refractivity contribution in [3.8, 4) is 11.5 Å². The summed E-state index contributed by atoms with van der Waals surface area (Å²) in [5, 5.41) is 0. The maximum absolute atomic E-state index is 13.5. The molecule has 29 heavy (non-hydrogen) atoms. The number of benzene rings is 2. The molecule has 5 nitrogen and oxygen atoms in total. The highest BCUT2D eigenvalue weighted by atomic mass is 16.7. The van der Waals surface area contributed by atoms with E-state index in [1.165, 1.54) is 11.1 Å². The normalized spacial score (nSPS) is 16.9. The van der Waals surface area contributed by atoms with Gasteiger partial charge >= 0.3 is 0 Å². The number of carbonyl (C=O) groups is 1. The Morgan fingerprint density at radius 3 is 2.76 bits per heavy atom. The molecule has 1 aliphatic heterocycles. The molecule has 3 aromatic rings. The Kier molecular flexibility index (Phi) is 4.64. The molecule has 0 fully saturated rings. The monoisotopic (exact) mass is 386 g/mol. The number of rotatable bonds is 4. The molecule has 5 rings (SSSR count). The van der Waals surface area contributed by atoms with Crippen molar-refractivity contribution >= 4 is 5.91 Å². The van der Waals surface area contributed by atoms with Crippen LogP contribution in [0.3, 0.4) is 0 Å². The molecule has 0 saturated heterocycles. The summed E-state index contributed by atoms with van der Waals surface area (Å²) < 4.78 is 11.0. The Balaban J connectivity index is 1.52. The van der Waals surface area contributed by atoms with Gasteiger partial charge in [-0.3, -0.25) is 9.78 Å². The standard InChI is InChI=1S/C24H22N2O3/c27-24(19-10-12-25-13-11-19)26(15-17-8-9-22-23(14-17)29-16-28-22)21-7-3-5-18-4-1-2-6-20(18)21/h1-2,4,6,8-14,21H,3,5,7,15-16H2/t21-/m0/s1. The fourth-order valence-corrected chi connectivity index (χ4v) is 4.27. The number of pyridine rings is 1. The van der Waals surface area contributed by atoms with Crippen LogP contribution >= 0.6 is 0 Å². The number of nitrogens with zero attached hydrogens (tertiary/aromatic N) is 2. The van der Waals surface area contributed by atoms with E-state index in [1.54, 1.807) is 24.5 Å². The van der Waals surface area contributed by atoms with Gasteiger partial charge in [0.25, 0.3) is 5.91 Å². The van der Waals surface area contributed by atoms with Crippen LogP contribution in [0.5, 0.6) is 11.5 Å². The molecule has 2 heterocycles. The summed E-state index contributed by atoms with van der Waals surface area (Å²) in [4.78, 5) is 19.6. The van der Waals surface area contributed by atoms with E-state index in [4.69, 9.17) is 9.47 Å². The number of hydrogen-bond acceptors (Lipinski definition) is 4. The predicted molar refractivity (Wildman–Crippen MR) is 109 cm³/mol.